The molecule has 0 heterocycles. The van der Waals surface area contributed by atoms with Gasteiger partial charge < -0.3 is 10.6 Å². The number of hydrogen-bond donors (Lipinski definition) is 2. The fourth-order valence-electron chi connectivity index (χ4n) is 3.69. The van der Waals surface area contributed by atoms with E-state index in [4.69, 9.17) is 0 Å². The predicted molar refractivity (Wildman–Crippen MR) is 125 cm³/mol. The Morgan fingerprint density at radius 1 is 1.03 bits per heavy atom. The van der Waals surface area contributed by atoms with E-state index >= 15 is 0 Å². The molecule has 4 nitrogen and oxygen atoms in total. The lowest BCUT2D eigenvalue weighted by Crippen LogP contribution is -2.43. The fourth-order valence-corrected chi connectivity index (χ4v) is 3.69. The largest absolute Gasteiger partial charge is 0.417 e. The molecule has 8 heteroatoms. The Hall–Kier alpha value is -2.90. The number of carbonyl (C=O) groups excluding carboxylic acids is 2. The smallest absolute Gasteiger partial charge is 0.353 e. The van der Waals surface area contributed by atoms with Crippen molar-refractivity contribution in [2.75, 3.05) is 5.32 Å². The van der Waals surface area contributed by atoms with Gasteiger partial charge in [-0.2, -0.15) is 13.2 Å². The summed E-state index contributed by atoms with van der Waals surface area (Å²) < 4.78 is 52.8. The Bertz CT molecular complexity index is 989. The maximum Gasteiger partial charge on any atom is 0.417 e. The highest BCUT2D eigenvalue weighted by Crippen LogP contribution is 2.33. The van der Waals surface area contributed by atoms with Crippen LogP contribution in [0.3, 0.4) is 0 Å². The van der Waals surface area contributed by atoms with Gasteiger partial charge in [0.2, 0.25) is 5.91 Å². The molecule has 0 aliphatic carbocycles. The average Bonchev–Trinajstić information content (AvgIpc) is 2.77. The monoisotopic (exact) mass is 480 g/mol. The Morgan fingerprint density at radius 3 is 2.24 bits per heavy atom. The lowest BCUT2D eigenvalue weighted by molar-refractivity contribution is -0.138. The first kappa shape index (κ1) is 27.3. The van der Waals surface area contributed by atoms with Gasteiger partial charge in [-0.1, -0.05) is 45.7 Å². The van der Waals surface area contributed by atoms with Gasteiger partial charge in [-0.15, -0.1) is 0 Å². The summed E-state index contributed by atoms with van der Waals surface area (Å²) in [4.78, 5) is 25.2. The number of nitrogens with one attached hydrogen (secondary N) is 2. The zero-order valence-electron chi connectivity index (χ0n) is 20.0. The lowest BCUT2D eigenvalue weighted by Gasteiger charge is -2.29. The third kappa shape index (κ3) is 7.30. The number of amides is 2. The number of hydrogen-bond acceptors (Lipinski definition) is 2. The molecule has 0 spiro atoms. The molecule has 0 saturated heterocycles. The molecule has 0 aliphatic rings. The number of benzene rings is 2. The summed E-state index contributed by atoms with van der Waals surface area (Å²) in [6.07, 6.45) is -0.698. The molecule has 2 aromatic rings. The summed E-state index contributed by atoms with van der Waals surface area (Å²) in [6.45, 7) is 8.00. The van der Waals surface area contributed by atoms with Gasteiger partial charge >= 0.3 is 6.18 Å². The Morgan fingerprint density at radius 2 is 1.68 bits per heavy atom. The van der Waals surface area contributed by atoms with Crippen molar-refractivity contribution in [1.29, 1.82) is 0 Å². The van der Waals surface area contributed by atoms with Crippen LogP contribution >= 0.6 is 0 Å². The normalized spacial score (nSPS) is 14.2. The van der Waals surface area contributed by atoms with Crippen molar-refractivity contribution in [1.82, 2.24) is 5.32 Å². The molecule has 2 unspecified atom stereocenters. The Balaban J connectivity index is 2.02. The van der Waals surface area contributed by atoms with E-state index in [9.17, 15) is 27.2 Å². The van der Waals surface area contributed by atoms with Gasteiger partial charge in [0, 0.05) is 17.1 Å². The molecule has 0 saturated carbocycles. The molecular weight excluding hydrogens is 448 g/mol. The first-order chi connectivity index (χ1) is 15.9. The van der Waals surface area contributed by atoms with Crippen molar-refractivity contribution in [3.05, 3.63) is 65.0 Å². The molecule has 2 rings (SSSR count). The third-order valence-corrected chi connectivity index (χ3v) is 6.07. The quantitative estimate of drug-likeness (QED) is 0.370. The van der Waals surface area contributed by atoms with Crippen LogP contribution in [0.5, 0.6) is 0 Å². The van der Waals surface area contributed by atoms with E-state index in [0.717, 1.165) is 43.4 Å². The molecule has 0 bridgehead atoms. The molecule has 34 heavy (non-hydrogen) atoms. The van der Waals surface area contributed by atoms with Crippen LogP contribution < -0.4 is 10.6 Å². The number of unbranched alkanes of at least 4 members (excludes halogenated alkanes) is 1. The number of alkyl halides is 3. The molecule has 0 fully saturated rings. The van der Waals surface area contributed by atoms with Crippen LogP contribution in [-0.2, 0) is 17.4 Å². The first-order valence-corrected chi connectivity index (χ1v) is 11.5. The van der Waals surface area contributed by atoms with Crippen molar-refractivity contribution < 1.29 is 27.2 Å². The molecule has 186 valence electrons. The second-order valence-electron chi connectivity index (χ2n) is 8.94. The average molecular weight is 481 g/mol. The highest BCUT2D eigenvalue weighted by molar-refractivity contribution is 6.05. The van der Waals surface area contributed by atoms with Crippen LogP contribution in [0.15, 0.2) is 42.5 Å². The summed E-state index contributed by atoms with van der Waals surface area (Å²) in [5, 5.41) is 5.49. The molecule has 0 radical (unpaired) electrons. The molecule has 2 amide bonds. The molecular formula is C26H32F4N2O2. The van der Waals surface area contributed by atoms with Crippen LogP contribution in [0.1, 0.15) is 74.9 Å². The van der Waals surface area contributed by atoms with E-state index in [0.29, 0.717) is 18.2 Å². The van der Waals surface area contributed by atoms with Crippen LogP contribution in [-0.4, -0.2) is 17.9 Å². The SMILES string of the molecule is CCCCC(C)(CC)C(=O)NC(C)Cc1ccc(NC(=O)c2ccc(F)cc2C(F)(F)F)cc1. The van der Waals surface area contributed by atoms with E-state index in [1.165, 1.54) is 0 Å². The second-order valence-corrected chi connectivity index (χ2v) is 8.94. The standard InChI is InChI=1S/C26H32F4N2O2/c1-5-7-14-25(4,6-2)24(34)31-17(3)15-18-8-11-20(12-9-18)32-23(33)21-13-10-19(27)16-22(21)26(28,29)30/h8-13,16-17H,5-7,14-15H2,1-4H3,(H,31,34)(H,32,33). The summed E-state index contributed by atoms with van der Waals surface area (Å²) in [5.41, 5.74) is -1.19. The minimum atomic E-state index is -4.86. The van der Waals surface area contributed by atoms with Gasteiger partial charge in [0.25, 0.3) is 5.91 Å². The summed E-state index contributed by atoms with van der Waals surface area (Å²) in [7, 11) is 0. The maximum absolute atomic E-state index is 13.3. The zero-order valence-corrected chi connectivity index (χ0v) is 20.0. The maximum atomic E-state index is 13.3. The van der Waals surface area contributed by atoms with Crippen LogP contribution in [0, 0.1) is 11.2 Å². The highest BCUT2D eigenvalue weighted by atomic mass is 19.4. The van der Waals surface area contributed by atoms with E-state index in [1.807, 2.05) is 20.8 Å². The van der Waals surface area contributed by atoms with E-state index < -0.39 is 34.4 Å². The number of halogens is 4. The summed E-state index contributed by atoms with van der Waals surface area (Å²) >= 11 is 0. The minimum Gasteiger partial charge on any atom is -0.353 e. The van der Waals surface area contributed by atoms with E-state index in [2.05, 4.69) is 17.6 Å². The Kier molecular flexibility index (Phi) is 9.24. The zero-order chi connectivity index (χ0) is 25.5. The second kappa shape index (κ2) is 11.5. The van der Waals surface area contributed by atoms with E-state index in [-0.39, 0.29) is 11.9 Å². The van der Waals surface area contributed by atoms with Crippen LogP contribution in [0.2, 0.25) is 0 Å². The van der Waals surface area contributed by atoms with Crippen molar-refractivity contribution in [2.24, 2.45) is 5.41 Å². The number of rotatable bonds is 10. The van der Waals surface area contributed by atoms with Crippen molar-refractivity contribution in [3.63, 3.8) is 0 Å². The first-order valence-electron chi connectivity index (χ1n) is 11.5. The highest BCUT2D eigenvalue weighted by Gasteiger charge is 2.36. The molecule has 0 aromatic heterocycles. The van der Waals surface area contributed by atoms with E-state index in [1.54, 1.807) is 24.3 Å². The molecule has 2 atom stereocenters. The molecule has 2 N–H and O–H groups in total. The Labute approximate surface area is 198 Å². The summed E-state index contributed by atoms with van der Waals surface area (Å²) in [6, 6.07) is 8.46. The van der Waals surface area contributed by atoms with Gasteiger partial charge in [-0.05, 0) is 62.1 Å². The van der Waals surface area contributed by atoms with Gasteiger partial charge in [0.05, 0.1) is 11.1 Å². The van der Waals surface area contributed by atoms with Gasteiger partial charge in [-0.25, -0.2) is 4.39 Å². The van der Waals surface area contributed by atoms with Crippen molar-refractivity contribution >= 4 is 17.5 Å². The fraction of sp³-hybridized carbons (Fsp3) is 0.462. The minimum absolute atomic E-state index is 0.0274. The topological polar surface area (TPSA) is 58.2 Å². The van der Waals surface area contributed by atoms with Gasteiger partial charge in [0.1, 0.15) is 5.82 Å². The van der Waals surface area contributed by atoms with Gasteiger partial charge in [0.15, 0.2) is 0 Å². The summed E-state index contributed by atoms with van der Waals surface area (Å²) in [5.74, 6) is -2.02. The van der Waals surface area contributed by atoms with Crippen LogP contribution in [0.4, 0.5) is 23.2 Å². The lowest BCUT2D eigenvalue weighted by atomic mass is 9.81. The van der Waals surface area contributed by atoms with Gasteiger partial charge in [-0.3, -0.25) is 9.59 Å². The number of anilines is 1. The number of carbonyl (C=O) groups is 2. The van der Waals surface area contributed by atoms with Crippen molar-refractivity contribution in [2.45, 2.75) is 72.0 Å². The predicted octanol–water partition coefficient (Wildman–Crippen LogP) is 6.75. The molecule has 2 aromatic carbocycles. The third-order valence-electron chi connectivity index (χ3n) is 6.07. The van der Waals surface area contributed by atoms with Crippen LogP contribution in [0.25, 0.3) is 0 Å². The van der Waals surface area contributed by atoms with Crippen molar-refractivity contribution in [3.8, 4) is 0 Å². The molecule has 0 aliphatic heterocycles.